The fourth-order valence-corrected chi connectivity index (χ4v) is 5.09. The maximum absolute atomic E-state index is 14.5. The Kier molecular flexibility index (Phi) is 6.20. The maximum Gasteiger partial charge on any atom is 0.407 e. The number of nitrogens with zero attached hydrogens (tertiary/aromatic N) is 4. The van der Waals surface area contributed by atoms with Crippen LogP contribution in [0.25, 0.3) is 11.4 Å². The van der Waals surface area contributed by atoms with Gasteiger partial charge in [-0.15, -0.1) is 0 Å². The van der Waals surface area contributed by atoms with Crippen molar-refractivity contribution >= 4 is 39.3 Å². The van der Waals surface area contributed by atoms with Crippen LogP contribution in [0.3, 0.4) is 0 Å². The first-order valence-corrected chi connectivity index (χ1v) is 11.8. The van der Waals surface area contributed by atoms with Crippen LogP contribution < -0.4 is 15.0 Å². The van der Waals surface area contributed by atoms with Crippen LogP contribution in [0.1, 0.15) is 16.9 Å². The standard InChI is InChI=1S/C24H20BrF2N5O4/c1-36-20-4-2-3-15(26)21(20)22-28-6-5-17(29-22)23(33)30-18-9-16(27)14(25)8-19(18)31-10-13-7-12(31)11-32(13)24(34)35/h2-6,8-9,12-13H,7,10-11H2,1H3,(H,30,33)(H,34,35)/t12-,13-/m0/s1. The van der Waals surface area contributed by atoms with E-state index in [1.807, 2.05) is 4.90 Å². The Morgan fingerprint density at radius 1 is 1.17 bits per heavy atom. The second kappa shape index (κ2) is 9.34. The minimum absolute atomic E-state index is 0.0149. The van der Waals surface area contributed by atoms with Crippen molar-refractivity contribution in [2.75, 3.05) is 30.4 Å². The van der Waals surface area contributed by atoms with Crippen LogP contribution in [0, 0.1) is 11.6 Å². The molecule has 2 aromatic carbocycles. The van der Waals surface area contributed by atoms with E-state index in [0.717, 1.165) is 0 Å². The first-order valence-electron chi connectivity index (χ1n) is 11.0. The molecule has 0 unspecified atom stereocenters. The Hall–Kier alpha value is -3.80. The number of nitrogens with one attached hydrogen (secondary N) is 1. The minimum Gasteiger partial charge on any atom is -0.496 e. The summed E-state index contributed by atoms with van der Waals surface area (Å²) < 4.78 is 34.4. The molecule has 2 atom stereocenters. The summed E-state index contributed by atoms with van der Waals surface area (Å²) >= 11 is 3.20. The molecule has 5 rings (SSSR count). The highest BCUT2D eigenvalue weighted by atomic mass is 79.9. The molecular weight excluding hydrogens is 540 g/mol. The number of rotatable bonds is 5. The Labute approximate surface area is 212 Å². The Morgan fingerprint density at radius 3 is 2.67 bits per heavy atom. The number of carboxylic acid groups (broad SMARTS) is 1. The number of anilines is 2. The van der Waals surface area contributed by atoms with Gasteiger partial charge in [-0.3, -0.25) is 4.79 Å². The molecule has 3 aromatic rings. The lowest BCUT2D eigenvalue weighted by Gasteiger charge is -2.35. The Bertz CT molecular complexity index is 1370. The van der Waals surface area contributed by atoms with Gasteiger partial charge >= 0.3 is 6.09 Å². The van der Waals surface area contributed by atoms with E-state index in [1.165, 1.54) is 42.5 Å². The average Bonchev–Trinajstić information content (AvgIpc) is 3.47. The van der Waals surface area contributed by atoms with Gasteiger partial charge in [-0.05, 0) is 46.6 Å². The Morgan fingerprint density at radius 2 is 1.97 bits per heavy atom. The van der Waals surface area contributed by atoms with Crippen LogP contribution in [0.15, 0.2) is 47.1 Å². The number of carbonyl (C=O) groups is 2. The molecule has 2 aliphatic heterocycles. The van der Waals surface area contributed by atoms with Crippen LogP contribution in [0.2, 0.25) is 0 Å². The van der Waals surface area contributed by atoms with Crippen molar-refractivity contribution in [3.05, 3.63) is 64.4 Å². The van der Waals surface area contributed by atoms with Crippen molar-refractivity contribution < 1.29 is 28.2 Å². The first-order chi connectivity index (χ1) is 17.3. The van der Waals surface area contributed by atoms with Gasteiger partial charge in [0.1, 0.15) is 23.1 Å². The van der Waals surface area contributed by atoms with E-state index in [0.29, 0.717) is 25.2 Å². The number of carbonyl (C=O) groups excluding carboxylic acids is 1. The zero-order chi connectivity index (χ0) is 25.6. The molecule has 1 aromatic heterocycles. The SMILES string of the molecule is COc1cccc(F)c1-c1nccc(C(=O)Nc2cc(F)c(Br)cc2N2C[C@@H]3C[C@H]2CN3C(=O)O)n1. The van der Waals surface area contributed by atoms with Gasteiger partial charge in [0.05, 0.1) is 34.6 Å². The van der Waals surface area contributed by atoms with E-state index in [9.17, 15) is 23.5 Å². The largest absolute Gasteiger partial charge is 0.496 e. The zero-order valence-corrected chi connectivity index (χ0v) is 20.5. The van der Waals surface area contributed by atoms with Gasteiger partial charge in [0.2, 0.25) is 0 Å². The Balaban J connectivity index is 1.44. The number of fused-ring (bicyclic) bond motifs is 2. The molecule has 2 aliphatic rings. The number of amides is 2. The first kappa shape index (κ1) is 23.9. The summed E-state index contributed by atoms with van der Waals surface area (Å²) in [5.41, 5.74) is 0.721. The quantitative estimate of drug-likeness (QED) is 0.477. The number of benzene rings is 2. The molecule has 0 spiro atoms. The molecule has 2 bridgehead atoms. The van der Waals surface area contributed by atoms with Crippen LogP contribution >= 0.6 is 15.9 Å². The number of aromatic nitrogens is 2. The molecular formula is C24H20BrF2N5O4. The monoisotopic (exact) mass is 559 g/mol. The molecule has 0 saturated carbocycles. The fraction of sp³-hybridized carbons (Fsp3) is 0.250. The number of hydrogen-bond acceptors (Lipinski definition) is 6. The number of ether oxygens (including phenoxy) is 1. The minimum atomic E-state index is -0.970. The van der Waals surface area contributed by atoms with E-state index >= 15 is 0 Å². The van der Waals surface area contributed by atoms with Crippen LogP contribution in [0.4, 0.5) is 25.0 Å². The molecule has 2 fully saturated rings. The summed E-state index contributed by atoms with van der Waals surface area (Å²) in [6.07, 6.45) is 1.00. The third-order valence-electron chi connectivity index (χ3n) is 6.39. The molecule has 36 heavy (non-hydrogen) atoms. The van der Waals surface area contributed by atoms with Crippen molar-refractivity contribution in [2.24, 2.45) is 0 Å². The van der Waals surface area contributed by atoms with E-state index in [1.54, 1.807) is 12.1 Å². The summed E-state index contributed by atoms with van der Waals surface area (Å²) in [4.78, 5) is 36.2. The molecule has 186 valence electrons. The van der Waals surface area contributed by atoms with Crippen LogP contribution in [-0.4, -0.2) is 64.3 Å². The van der Waals surface area contributed by atoms with Crippen LogP contribution in [-0.2, 0) is 0 Å². The normalized spacial score (nSPS) is 18.4. The van der Waals surface area contributed by atoms with Gasteiger partial charge in [0.15, 0.2) is 5.82 Å². The van der Waals surface area contributed by atoms with Crippen molar-refractivity contribution in [3.8, 4) is 17.1 Å². The molecule has 2 amide bonds. The topological polar surface area (TPSA) is 108 Å². The second-order valence-corrected chi connectivity index (χ2v) is 9.31. The summed E-state index contributed by atoms with van der Waals surface area (Å²) in [7, 11) is 1.39. The third kappa shape index (κ3) is 4.21. The van der Waals surface area contributed by atoms with Gasteiger partial charge in [0.25, 0.3) is 5.91 Å². The number of likely N-dealkylation sites (tertiary alicyclic amines) is 1. The van der Waals surface area contributed by atoms with Crippen molar-refractivity contribution in [3.63, 3.8) is 0 Å². The van der Waals surface area contributed by atoms with Gasteiger partial charge in [-0.1, -0.05) is 6.07 Å². The number of halogens is 3. The molecule has 2 N–H and O–H groups in total. The van der Waals surface area contributed by atoms with Crippen LogP contribution in [0.5, 0.6) is 5.75 Å². The second-order valence-electron chi connectivity index (χ2n) is 8.45. The lowest BCUT2D eigenvalue weighted by Crippen LogP contribution is -2.48. The summed E-state index contributed by atoms with van der Waals surface area (Å²) in [5, 5.41) is 12.1. The van der Waals surface area contributed by atoms with E-state index in [4.69, 9.17) is 4.74 Å². The number of piperazine rings is 1. The van der Waals surface area contributed by atoms with E-state index < -0.39 is 23.6 Å². The third-order valence-corrected chi connectivity index (χ3v) is 7.00. The van der Waals surface area contributed by atoms with Crippen molar-refractivity contribution in [1.29, 1.82) is 0 Å². The predicted octanol–water partition coefficient (Wildman–Crippen LogP) is 4.39. The van der Waals surface area contributed by atoms with Crippen molar-refractivity contribution in [1.82, 2.24) is 14.9 Å². The summed E-state index contributed by atoms with van der Waals surface area (Å²) in [6.45, 7) is 0.741. The molecule has 9 nitrogen and oxygen atoms in total. The van der Waals surface area contributed by atoms with Gasteiger partial charge in [-0.25, -0.2) is 23.5 Å². The lowest BCUT2D eigenvalue weighted by molar-refractivity contribution is 0.102. The molecule has 3 heterocycles. The smallest absolute Gasteiger partial charge is 0.407 e. The van der Waals surface area contributed by atoms with E-state index in [2.05, 4.69) is 31.2 Å². The highest BCUT2D eigenvalue weighted by molar-refractivity contribution is 9.10. The maximum atomic E-state index is 14.5. The fourth-order valence-electron chi connectivity index (χ4n) is 4.75. The molecule has 12 heteroatoms. The number of hydrogen-bond donors (Lipinski definition) is 2. The summed E-state index contributed by atoms with van der Waals surface area (Å²) in [6, 6.07) is 8.12. The van der Waals surface area contributed by atoms with Gasteiger partial charge in [0, 0.05) is 31.4 Å². The molecule has 0 radical (unpaired) electrons. The number of methoxy groups -OCH3 is 1. The van der Waals surface area contributed by atoms with Crippen molar-refractivity contribution in [2.45, 2.75) is 18.5 Å². The van der Waals surface area contributed by atoms with Gasteiger partial charge < -0.3 is 25.0 Å². The summed E-state index contributed by atoms with van der Waals surface area (Å²) in [5.74, 6) is -1.66. The van der Waals surface area contributed by atoms with Gasteiger partial charge in [-0.2, -0.15) is 0 Å². The van der Waals surface area contributed by atoms with E-state index in [-0.39, 0.29) is 45.1 Å². The molecule has 0 aliphatic carbocycles. The molecule has 2 saturated heterocycles. The zero-order valence-electron chi connectivity index (χ0n) is 18.9. The highest BCUT2D eigenvalue weighted by Crippen LogP contribution is 2.40. The predicted molar refractivity (Wildman–Crippen MR) is 130 cm³/mol. The lowest BCUT2D eigenvalue weighted by atomic mass is 10.1. The highest BCUT2D eigenvalue weighted by Gasteiger charge is 2.46. The average molecular weight is 560 g/mol.